The third-order valence-electron chi connectivity index (χ3n) is 3.69. The van der Waals surface area contributed by atoms with E-state index in [0.717, 1.165) is 17.7 Å². The van der Waals surface area contributed by atoms with Crippen molar-refractivity contribution in [1.29, 1.82) is 0 Å². The summed E-state index contributed by atoms with van der Waals surface area (Å²) in [6, 6.07) is 10.9. The predicted molar refractivity (Wildman–Crippen MR) is 91.2 cm³/mol. The van der Waals surface area contributed by atoms with Crippen molar-refractivity contribution in [2.75, 3.05) is 26.1 Å². The molecule has 0 aromatic heterocycles. The zero-order chi connectivity index (χ0) is 19.2. The van der Waals surface area contributed by atoms with Gasteiger partial charge in [-0.25, -0.2) is 4.79 Å². The van der Waals surface area contributed by atoms with E-state index < -0.39 is 23.9 Å². The number of halogens is 3. The molecular weight excluding hydrogens is 349 g/mol. The Balaban J connectivity index is 1.95. The molecule has 0 saturated heterocycles. The van der Waals surface area contributed by atoms with Crippen molar-refractivity contribution in [3.8, 4) is 5.75 Å². The summed E-state index contributed by atoms with van der Waals surface area (Å²) in [5.74, 6) is 0.629. The molecule has 2 amide bonds. The fourth-order valence-electron chi connectivity index (χ4n) is 2.36. The third-order valence-corrected chi connectivity index (χ3v) is 3.69. The van der Waals surface area contributed by atoms with Crippen LogP contribution in [0.4, 0.5) is 23.7 Å². The monoisotopic (exact) mass is 368 g/mol. The average molecular weight is 368 g/mol. The lowest BCUT2D eigenvalue weighted by molar-refractivity contribution is -0.137. The van der Waals surface area contributed by atoms with Crippen molar-refractivity contribution in [2.24, 2.45) is 0 Å². The van der Waals surface area contributed by atoms with Gasteiger partial charge in [0.25, 0.3) is 0 Å². The number of carbonyl (C=O) groups is 1. The van der Waals surface area contributed by atoms with Crippen molar-refractivity contribution in [3.05, 3.63) is 59.7 Å². The van der Waals surface area contributed by atoms with Gasteiger partial charge in [-0.2, -0.15) is 13.2 Å². The Bertz CT molecular complexity index is 733. The summed E-state index contributed by atoms with van der Waals surface area (Å²) in [4.78, 5) is 12.0. The molecule has 0 radical (unpaired) electrons. The standard InChI is InChI=1S/C18H19F3N2O3/c1-25-15-6-4-3-5-14(15)16(26-2)11-22-17(24)23-13-9-7-12(8-10-13)18(19,20)21/h3-10,16H,11H2,1-2H3,(H2,22,23,24)/t16-/m0/s1. The normalized spacial score (nSPS) is 12.3. The van der Waals surface area contributed by atoms with Gasteiger partial charge >= 0.3 is 12.2 Å². The fourth-order valence-corrected chi connectivity index (χ4v) is 2.36. The summed E-state index contributed by atoms with van der Waals surface area (Å²) < 4.78 is 48.2. The Morgan fingerprint density at radius 2 is 1.73 bits per heavy atom. The number of rotatable bonds is 6. The maximum absolute atomic E-state index is 12.5. The lowest BCUT2D eigenvalue weighted by Crippen LogP contribution is -2.33. The average Bonchev–Trinajstić information content (AvgIpc) is 2.62. The molecule has 2 rings (SSSR count). The summed E-state index contributed by atoms with van der Waals surface area (Å²) >= 11 is 0. The molecule has 0 bridgehead atoms. The minimum atomic E-state index is -4.42. The second kappa shape index (κ2) is 8.57. The quantitative estimate of drug-likeness (QED) is 0.803. The van der Waals surface area contributed by atoms with Gasteiger partial charge < -0.3 is 20.1 Å². The highest BCUT2D eigenvalue weighted by Crippen LogP contribution is 2.30. The second-order valence-electron chi connectivity index (χ2n) is 5.38. The molecular formula is C18H19F3N2O3. The van der Waals surface area contributed by atoms with E-state index in [9.17, 15) is 18.0 Å². The van der Waals surface area contributed by atoms with E-state index in [0.29, 0.717) is 5.75 Å². The molecule has 0 fully saturated rings. The first-order valence-corrected chi connectivity index (χ1v) is 7.73. The van der Waals surface area contributed by atoms with Crippen LogP contribution >= 0.6 is 0 Å². The second-order valence-corrected chi connectivity index (χ2v) is 5.38. The van der Waals surface area contributed by atoms with Gasteiger partial charge in [-0.05, 0) is 30.3 Å². The number of carbonyl (C=O) groups excluding carboxylic acids is 1. The Hall–Kier alpha value is -2.74. The van der Waals surface area contributed by atoms with Gasteiger partial charge in [-0.3, -0.25) is 0 Å². The van der Waals surface area contributed by atoms with Crippen LogP contribution in [0.3, 0.4) is 0 Å². The molecule has 0 spiro atoms. The molecule has 0 saturated carbocycles. The van der Waals surface area contributed by atoms with Crippen LogP contribution in [0.2, 0.25) is 0 Å². The van der Waals surface area contributed by atoms with Crippen molar-refractivity contribution in [1.82, 2.24) is 5.32 Å². The number of anilines is 1. The molecule has 0 aliphatic carbocycles. The molecule has 1 atom stereocenters. The van der Waals surface area contributed by atoms with Gasteiger partial charge in [0.1, 0.15) is 11.9 Å². The number of alkyl halides is 3. The van der Waals surface area contributed by atoms with E-state index in [-0.39, 0.29) is 12.2 Å². The highest BCUT2D eigenvalue weighted by molar-refractivity contribution is 5.89. The van der Waals surface area contributed by atoms with Gasteiger partial charge in [0.2, 0.25) is 0 Å². The molecule has 2 N–H and O–H groups in total. The lowest BCUT2D eigenvalue weighted by Gasteiger charge is -2.19. The largest absolute Gasteiger partial charge is 0.496 e. The van der Waals surface area contributed by atoms with Crippen molar-refractivity contribution >= 4 is 11.7 Å². The summed E-state index contributed by atoms with van der Waals surface area (Å²) in [6.07, 6.45) is -4.86. The van der Waals surface area contributed by atoms with Crippen LogP contribution in [0.25, 0.3) is 0 Å². The van der Waals surface area contributed by atoms with Crippen molar-refractivity contribution in [3.63, 3.8) is 0 Å². The number of hydrogen-bond acceptors (Lipinski definition) is 3. The first kappa shape index (κ1) is 19.6. The summed E-state index contributed by atoms with van der Waals surface area (Å²) in [5.41, 5.74) is 0.244. The number of urea groups is 1. The van der Waals surface area contributed by atoms with Crippen molar-refractivity contribution in [2.45, 2.75) is 12.3 Å². The summed E-state index contributed by atoms with van der Waals surface area (Å²) in [7, 11) is 3.04. The number of benzene rings is 2. The topological polar surface area (TPSA) is 59.6 Å². The van der Waals surface area contributed by atoms with Crippen LogP contribution in [0.1, 0.15) is 17.2 Å². The van der Waals surface area contributed by atoms with Crippen LogP contribution in [-0.2, 0) is 10.9 Å². The van der Waals surface area contributed by atoms with Gasteiger partial charge in [-0.15, -0.1) is 0 Å². The highest BCUT2D eigenvalue weighted by atomic mass is 19.4. The van der Waals surface area contributed by atoms with Gasteiger partial charge in [0.15, 0.2) is 0 Å². The zero-order valence-corrected chi connectivity index (χ0v) is 14.3. The number of nitrogens with one attached hydrogen (secondary N) is 2. The molecule has 2 aromatic carbocycles. The molecule has 26 heavy (non-hydrogen) atoms. The molecule has 5 nitrogen and oxygen atoms in total. The summed E-state index contributed by atoms with van der Waals surface area (Å²) in [5, 5.41) is 5.10. The number of para-hydroxylation sites is 1. The maximum atomic E-state index is 12.5. The van der Waals surface area contributed by atoms with Crippen molar-refractivity contribution < 1.29 is 27.4 Å². The molecule has 0 unspecified atom stereocenters. The van der Waals surface area contributed by atoms with Crippen LogP contribution in [0.15, 0.2) is 48.5 Å². The minimum absolute atomic E-state index is 0.156. The zero-order valence-electron chi connectivity index (χ0n) is 14.3. The molecule has 0 aliphatic heterocycles. The maximum Gasteiger partial charge on any atom is 0.416 e. The first-order valence-electron chi connectivity index (χ1n) is 7.73. The Kier molecular flexibility index (Phi) is 6.46. The Labute approximate surface area is 149 Å². The molecule has 2 aromatic rings. The highest BCUT2D eigenvalue weighted by Gasteiger charge is 2.30. The van der Waals surface area contributed by atoms with Crippen LogP contribution < -0.4 is 15.4 Å². The van der Waals surface area contributed by atoms with E-state index >= 15 is 0 Å². The number of amides is 2. The van der Waals surface area contributed by atoms with Crippen LogP contribution in [0.5, 0.6) is 5.75 Å². The van der Waals surface area contributed by atoms with E-state index in [1.165, 1.54) is 26.4 Å². The first-order chi connectivity index (χ1) is 12.3. The molecule has 0 heterocycles. The number of hydrogen-bond donors (Lipinski definition) is 2. The number of ether oxygens (including phenoxy) is 2. The fraction of sp³-hybridized carbons (Fsp3) is 0.278. The van der Waals surface area contributed by atoms with E-state index in [1.54, 1.807) is 6.07 Å². The van der Waals surface area contributed by atoms with E-state index in [4.69, 9.17) is 9.47 Å². The van der Waals surface area contributed by atoms with Gasteiger partial charge in [-0.1, -0.05) is 18.2 Å². The SMILES string of the molecule is COc1ccccc1[C@H](CNC(=O)Nc1ccc(C(F)(F)F)cc1)OC. The molecule has 8 heteroatoms. The minimum Gasteiger partial charge on any atom is -0.496 e. The Morgan fingerprint density at radius 3 is 2.31 bits per heavy atom. The smallest absolute Gasteiger partial charge is 0.416 e. The molecule has 0 aliphatic rings. The van der Waals surface area contributed by atoms with E-state index in [1.807, 2.05) is 18.2 Å². The predicted octanol–water partition coefficient (Wildman–Crippen LogP) is 4.22. The third kappa shape index (κ3) is 5.13. The molecule has 140 valence electrons. The Morgan fingerprint density at radius 1 is 1.08 bits per heavy atom. The lowest BCUT2D eigenvalue weighted by atomic mass is 10.1. The van der Waals surface area contributed by atoms with Crippen LogP contribution in [0, 0.1) is 0 Å². The van der Waals surface area contributed by atoms with Gasteiger partial charge in [0, 0.05) is 24.9 Å². The van der Waals surface area contributed by atoms with E-state index in [2.05, 4.69) is 10.6 Å². The summed E-state index contributed by atoms with van der Waals surface area (Å²) in [6.45, 7) is 0.156. The number of methoxy groups -OCH3 is 2. The van der Waals surface area contributed by atoms with Crippen LogP contribution in [-0.4, -0.2) is 26.8 Å². The van der Waals surface area contributed by atoms with Gasteiger partial charge in [0.05, 0.1) is 12.7 Å².